The van der Waals surface area contributed by atoms with Crippen molar-refractivity contribution in [3.05, 3.63) is 12.0 Å². The first kappa shape index (κ1) is 7.27. The van der Waals surface area contributed by atoms with E-state index in [1.54, 1.807) is 4.90 Å². The molecule has 5 nitrogen and oxygen atoms in total. The fourth-order valence-corrected chi connectivity index (χ4v) is 1.34. The molecular weight excluding hydrogens is 158 g/mol. The van der Waals surface area contributed by atoms with E-state index in [1.807, 2.05) is 0 Å². The SMILES string of the molecule is O=C(c1cnno1)N1CCCC1. The van der Waals surface area contributed by atoms with E-state index >= 15 is 0 Å². The van der Waals surface area contributed by atoms with Gasteiger partial charge in [-0.1, -0.05) is 0 Å². The van der Waals surface area contributed by atoms with Crippen LogP contribution in [0.2, 0.25) is 0 Å². The predicted octanol–water partition coefficient (Wildman–Crippen LogP) is 0.306. The molecule has 64 valence electrons. The van der Waals surface area contributed by atoms with Crippen LogP contribution in [0.5, 0.6) is 0 Å². The first-order chi connectivity index (χ1) is 5.88. The molecule has 0 bridgehead atoms. The van der Waals surface area contributed by atoms with Gasteiger partial charge in [-0.2, -0.15) is 0 Å². The summed E-state index contributed by atoms with van der Waals surface area (Å²) in [5.41, 5.74) is 0. The van der Waals surface area contributed by atoms with E-state index in [4.69, 9.17) is 0 Å². The number of carbonyl (C=O) groups excluding carboxylic acids is 1. The molecule has 1 aliphatic rings. The van der Waals surface area contributed by atoms with Gasteiger partial charge in [0.25, 0.3) is 5.91 Å². The van der Waals surface area contributed by atoms with Gasteiger partial charge in [-0.15, -0.1) is 5.10 Å². The highest BCUT2D eigenvalue weighted by Gasteiger charge is 2.22. The van der Waals surface area contributed by atoms with Gasteiger partial charge in [0.15, 0.2) is 0 Å². The normalized spacial score (nSPS) is 16.8. The van der Waals surface area contributed by atoms with E-state index in [-0.39, 0.29) is 11.7 Å². The van der Waals surface area contributed by atoms with Crippen molar-refractivity contribution in [3.8, 4) is 0 Å². The largest absolute Gasteiger partial charge is 0.336 e. The molecule has 2 heterocycles. The van der Waals surface area contributed by atoms with Crippen molar-refractivity contribution in [2.45, 2.75) is 12.8 Å². The van der Waals surface area contributed by atoms with Crippen LogP contribution >= 0.6 is 0 Å². The van der Waals surface area contributed by atoms with Gasteiger partial charge in [-0.25, -0.2) is 0 Å². The first-order valence-electron chi connectivity index (χ1n) is 3.94. The maximum atomic E-state index is 11.5. The Bertz CT molecular complexity index is 264. The zero-order chi connectivity index (χ0) is 8.39. The molecule has 5 heteroatoms. The lowest BCUT2D eigenvalue weighted by atomic mass is 10.4. The number of aromatic nitrogens is 2. The van der Waals surface area contributed by atoms with Crippen LogP contribution in [0.1, 0.15) is 23.4 Å². The average Bonchev–Trinajstić information content (AvgIpc) is 2.77. The van der Waals surface area contributed by atoms with Gasteiger partial charge in [0.1, 0.15) is 6.20 Å². The van der Waals surface area contributed by atoms with Crippen LogP contribution in [0.3, 0.4) is 0 Å². The van der Waals surface area contributed by atoms with Crippen molar-refractivity contribution >= 4 is 5.91 Å². The summed E-state index contributed by atoms with van der Waals surface area (Å²) in [6.07, 6.45) is 3.50. The maximum Gasteiger partial charge on any atom is 0.294 e. The molecule has 0 spiro atoms. The molecule has 12 heavy (non-hydrogen) atoms. The van der Waals surface area contributed by atoms with E-state index in [2.05, 4.69) is 14.9 Å². The zero-order valence-corrected chi connectivity index (χ0v) is 6.56. The Kier molecular flexibility index (Phi) is 1.77. The Hall–Kier alpha value is -1.39. The number of hydrogen-bond donors (Lipinski definition) is 0. The fourth-order valence-electron chi connectivity index (χ4n) is 1.34. The van der Waals surface area contributed by atoms with Crippen molar-refractivity contribution in [1.29, 1.82) is 0 Å². The van der Waals surface area contributed by atoms with Crippen LogP contribution in [0, 0.1) is 0 Å². The monoisotopic (exact) mass is 167 g/mol. The lowest BCUT2D eigenvalue weighted by Gasteiger charge is -2.11. The Balaban J connectivity index is 2.09. The summed E-state index contributed by atoms with van der Waals surface area (Å²) in [5.74, 6) is 0.134. The van der Waals surface area contributed by atoms with E-state index in [0.717, 1.165) is 25.9 Å². The topological polar surface area (TPSA) is 59.2 Å². The molecule has 1 saturated heterocycles. The molecule has 1 aromatic heterocycles. The minimum atomic E-state index is -0.0995. The summed E-state index contributed by atoms with van der Waals surface area (Å²) in [7, 11) is 0. The van der Waals surface area contributed by atoms with Crippen LogP contribution in [0.4, 0.5) is 0 Å². The summed E-state index contributed by atoms with van der Waals surface area (Å²) in [6, 6.07) is 0. The molecule has 0 N–H and O–H groups in total. The van der Waals surface area contributed by atoms with Gasteiger partial charge in [-0.3, -0.25) is 4.79 Å². The van der Waals surface area contributed by atoms with Gasteiger partial charge in [0.05, 0.1) is 0 Å². The van der Waals surface area contributed by atoms with Crippen molar-refractivity contribution in [2.75, 3.05) is 13.1 Å². The molecule has 1 aliphatic heterocycles. The Morgan fingerprint density at radius 2 is 2.25 bits per heavy atom. The molecule has 0 saturated carbocycles. The lowest BCUT2D eigenvalue weighted by Crippen LogP contribution is -2.27. The third kappa shape index (κ3) is 1.17. The molecule has 1 fully saturated rings. The van der Waals surface area contributed by atoms with Gasteiger partial charge >= 0.3 is 0 Å². The summed E-state index contributed by atoms with van der Waals surface area (Å²) in [5, 5.41) is 6.69. The van der Waals surface area contributed by atoms with Crippen LogP contribution in [0.25, 0.3) is 0 Å². The summed E-state index contributed by atoms with van der Waals surface area (Å²) in [6.45, 7) is 1.64. The molecule has 2 rings (SSSR count). The van der Waals surface area contributed by atoms with Crippen molar-refractivity contribution in [1.82, 2.24) is 15.3 Å². The summed E-state index contributed by atoms with van der Waals surface area (Å²) in [4.78, 5) is 13.2. The van der Waals surface area contributed by atoms with E-state index in [9.17, 15) is 4.79 Å². The molecule has 1 aromatic rings. The fraction of sp³-hybridized carbons (Fsp3) is 0.571. The maximum absolute atomic E-state index is 11.5. The molecule has 1 amide bonds. The van der Waals surface area contributed by atoms with Crippen molar-refractivity contribution < 1.29 is 9.32 Å². The number of nitrogens with zero attached hydrogens (tertiary/aromatic N) is 3. The molecule has 0 atom stereocenters. The molecular formula is C7H9N3O2. The third-order valence-electron chi connectivity index (χ3n) is 1.97. The number of amides is 1. The van der Waals surface area contributed by atoms with E-state index in [1.165, 1.54) is 6.20 Å². The summed E-state index contributed by atoms with van der Waals surface area (Å²) >= 11 is 0. The predicted molar refractivity (Wildman–Crippen MR) is 39.4 cm³/mol. The minimum Gasteiger partial charge on any atom is -0.336 e. The number of carbonyl (C=O) groups is 1. The van der Waals surface area contributed by atoms with Gasteiger partial charge in [0.2, 0.25) is 5.76 Å². The second kappa shape index (κ2) is 2.92. The van der Waals surface area contributed by atoms with Crippen LogP contribution < -0.4 is 0 Å². The van der Waals surface area contributed by atoms with Gasteiger partial charge < -0.3 is 9.42 Å². The molecule has 0 aliphatic carbocycles. The Morgan fingerprint density at radius 3 is 2.83 bits per heavy atom. The van der Waals surface area contributed by atoms with E-state index in [0.29, 0.717) is 0 Å². The minimum absolute atomic E-state index is 0.0995. The highest BCUT2D eigenvalue weighted by Crippen LogP contribution is 2.11. The highest BCUT2D eigenvalue weighted by atomic mass is 16.5. The zero-order valence-electron chi connectivity index (χ0n) is 6.56. The first-order valence-corrected chi connectivity index (χ1v) is 3.94. The Morgan fingerprint density at radius 1 is 1.50 bits per heavy atom. The Labute approximate surface area is 69.3 Å². The smallest absolute Gasteiger partial charge is 0.294 e. The van der Waals surface area contributed by atoms with Crippen LogP contribution in [-0.4, -0.2) is 34.3 Å². The summed E-state index contributed by atoms with van der Waals surface area (Å²) < 4.78 is 4.66. The lowest BCUT2D eigenvalue weighted by molar-refractivity contribution is 0.0750. The molecule has 0 unspecified atom stereocenters. The van der Waals surface area contributed by atoms with Crippen molar-refractivity contribution in [3.63, 3.8) is 0 Å². The molecule has 0 aromatic carbocycles. The molecule has 0 radical (unpaired) electrons. The average molecular weight is 167 g/mol. The number of hydrogen-bond acceptors (Lipinski definition) is 4. The van der Waals surface area contributed by atoms with Gasteiger partial charge in [0, 0.05) is 18.4 Å². The van der Waals surface area contributed by atoms with E-state index < -0.39 is 0 Å². The third-order valence-corrected chi connectivity index (χ3v) is 1.97. The quantitative estimate of drug-likeness (QED) is 0.603. The standard InChI is InChI=1S/C7H9N3O2/c11-7(6-5-8-9-12-6)10-3-1-2-4-10/h5H,1-4H2. The highest BCUT2D eigenvalue weighted by molar-refractivity contribution is 5.91. The van der Waals surface area contributed by atoms with Crippen LogP contribution in [0.15, 0.2) is 10.7 Å². The number of rotatable bonds is 1. The van der Waals surface area contributed by atoms with Crippen LogP contribution in [-0.2, 0) is 0 Å². The number of likely N-dealkylation sites (tertiary alicyclic amines) is 1. The second-order valence-electron chi connectivity index (χ2n) is 2.78. The second-order valence-corrected chi connectivity index (χ2v) is 2.78. The van der Waals surface area contributed by atoms with Gasteiger partial charge in [-0.05, 0) is 12.8 Å². The van der Waals surface area contributed by atoms with Crippen molar-refractivity contribution in [2.24, 2.45) is 0 Å².